The van der Waals surface area contributed by atoms with E-state index >= 15 is 0 Å². The Labute approximate surface area is 202 Å². The normalized spacial score (nSPS) is 14.5. The van der Waals surface area contributed by atoms with E-state index < -0.39 is 60.2 Å². The summed E-state index contributed by atoms with van der Waals surface area (Å²) in [5.41, 5.74) is 12.4. The molecular formula is C23H32N6O6. The minimum absolute atomic E-state index is 0.0584. The molecule has 0 saturated carbocycles. The molecule has 35 heavy (non-hydrogen) atoms. The van der Waals surface area contributed by atoms with E-state index in [0.29, 0.717) is 0 Å². The van der Waals surface area contributed by atoms with E-state index in [1.807, 2.05) is 24.3 Å². The number of nitrogens with one attached hydrogen (secondary N) is 4. The molecule has 0 saturated heterocycles. The van der Waals surface area contributed by atoms with Crippen LogP contribution in [0.15, 0.2) is 30.5 Å². The van der Waals surface area contributed by atoms with Crippen LogP contribution < -0.4 is 27.4 Å². The smallest absolute Gasteiger partial charge is 0.325 e. The third-order valence-electron chi connectivity index (χ3n) is 5.47. The lowest BCUT2D eigenvalue weighted by Gasteiger charge is -2.26. The first-order valence-corrected chi connectivity index (χ1v) is 11.1. The molecular weight excluding hydrogens is 456 g/mol. The van der Waals surface area contributed by atoms with E-state index in [-0.39, 0.29) is 12.3 Å². The van der Waals surface area contributed by atoms with Gasteiger partial charge in [-0.3, -0.25) is 24.0 Å². The largest absolute Gasteiger partial charge is 0.480 e. The number of carbonyl (C=O) groups excluding carboxylic acids is 4. The Hall–Kier alpha value is -3.93. The first-order valence-electron chi connectivity index (χ1n) is 11.1. The molecule has 2 rings (SSSR count). The number of carbonyl (C=O) groups is 5. The Morgan fingerprint density at radius 2 is 1.63 bits per heavy atom. The molecule has 9 N–H and O–H groups in total. The number of nitrogens with two attached hydrogens (primary N) is 2. The van der Waals surface area contributed by atoms with Crippen molar-refractivity contribution in [1.82, 2.24) is 20.9 Å². The fourth-order valence-electron chi connectivity index (χ4n) is 3.47. The molecule has 0 radical (unpaired) electrons. The average molecular weight is 489 g/mol. The number of hydrogen-bond acceptors (Lipinski definition) is 6. The highest BCUT2D eigenvalue weighted by atomic mass is 16.4. The van der Waals surface area contributed by atoms with Crippen molar-refractivity contribution in [3.63, 3.8) is 0 Å². The number of aliphatic carboxylic acids is 1. The Morgan fingerprint density at radius 3 is 2.23 bits per heavy atom. The van der Waals surface area contributed by atoms with Crippen LogP contribution in [-0.4, -0.2) is 63.9 Å². The van der Waals surface area contributed by atoms with E-state index in [1.165, 1.54) is 6.92 Å². The number of aromatic amines is 1. The number of aromatic nitrogens is 1. The van der Waals surface area contributed by atoms with Crippen LogP contribution >= 0.6 is 0 Å². The van der Waals surface area contributed by atoms with Crippen molar-refractivity contribution in [2.45, 2.75) is 57.8 Å². The van der Waals surface area contributed by atoms with Crippen LogP contribution in [0.1, 0.15) is 32.8 Å². The number of H-pyrrole nitrogens is 1. The van der Waals surface area contributed by atoms with Crippen LogP contribution in [0.4, 0.5) is 0 Å². The quantitative estimate of drug-likeness (QED) is 0.200. The summed E-state index contributed by atoms with van der Waals surface area (Å²) in [7, 11) is 0. The maximum atomic E-state index is 13.3. The van der Waals surface area contributed by atoms with E-state index in [2.05, 4.69) is 20.9 Å². The van der Waals surface area contributed by atoms with Crippen molar-refractivity contribution in [3.8, 4) is 0 Å². The topological polar surface area (TPSA) is 210 Å². The lowest BCUT2D eigenvalue weighted by Crippen LogP contribution is -2.58. The maximum absolute atomic E-state index is 13.3. The number of rotatable bonds is 12. The van der Waals surface area contributed by atoms with Crippen LogP contribution in [0, 0.1) is 5.92 Å². The summed E-state index contributed by atoms with van der Waals surface area (Å²) < 4.78 is 0. The third kappa shape index (κ3) is 7.54. The van der Waals surface area contributed by atoms with E-state index in [4.69, 9.17) is 16.6 Å². The van der Waals surface area contributed by atoms with E-state index in [1.54, 1.807) is 20.0 Å². The summed E-state index contributed by atoms with van der Waals surface area (Å²) in [6.45, 7) is 4.68. The van der Waals surface area contributed by atoms with Gasteiger partial charge in [0.25, 0.3) is 0 Å². The summed E-state index contributed by atoms with van der Waals surface area (Å²) in [6, 6.07) is 2.77. The number of fused-ring (bicyclic) bond motifs is 1. The molecule has 1 aromatic carbocycles. The number of carboxylic acids is 1. The minimum atomic E-state index is -1.26. The summed E-state index contributed by atoms with van der Waals surface area (Å²) >= 11 is 0. The standard InChI is InChI=1S/C23H32N6O6/c1-11(2)19(22(33)27-12(3)23(34)35)29-21(32)17(28-20(31)15(24)9-18(25)30)8-13-10-26-16-7-5-4-6-14(13)16/h4-7,10-12,15,17,19,26H,8-9,24H2,1-3H3,(H2,25,30)(H,27,33)(H,28,31)(H,29,32)(H,34,35). The van der Waals surface area contributed by atoms with Gasteiger partial charge in [0.05, 0.1) is 12.5 Å². The molecule has 190 valence electrons. The summed E-state index contributed by atoms with van der Waals surface area (Å²) in [4.78, 5) is 63.9. The lowest BCUT2D eigenvalue weighted by atomic mass is 10.00. The van der Waals surface area contributed by atoms with Gasteiger partial charge in [-0.25, -0.2) is 0 Å². The molecule has 2 aromatic rings. The molecule has 4 unspecified atom stereocenters. The number of primary amides is 1. The molecule has 0 aliphatic heterocycles. The Bertz CT molecular complexity index is 1100. The maximum Gasteiger partial charge on any atom is 0.325 e. The van der Waals surface area contributed by atoms with Gasteiger partial charge in [-0.2, -0.15) is 0 Å². The first kappa shape index (κ1) is 27.3. The Morgan fingerprint density at radius 1 is 0.971 bits per heavy atom. The monoisotopic (exact) mass is 488 g/mol. The van der Waals surface area contributed by atoms with Crippen LogP contribution in [0.3, 0.4) is 0 Å². The van der Waals surface area contributed by atoms with Gasteiger partial charge in [-0.05, 0) is 24.5 Å². The van der Waals surface area contributed by atoms with Gasteiger partial charge in [0.2, 0.25) is 23.6 Å². The number of carboxylic acid groups (broad SMARTS) is 1. The van der Waals surface area contributed by atoms with Gasteiger partial charge in [-0.15, -0.1) is 0 Å². The van der Waals surface area contributed by atoms with Gasteiger partial charge in [0.1, 0.15) is 18.1 Å². The number of hydrogen-bond donors (Lipinski definition) is 7. The fraction of sp³-hybridized carbons (Fsp3) is 0.435. The fourth-order valence-corrected chi connectivity index (χ4v) is 3.47. The molecule has 0 bridgehead atoms. The molecule has 0 spiro atoms. The van der Waals surface area contributed by atoms with Crippen molar-refractivity contribution >= 4 is 40.5 Å². The molecule has 0 fully saturated rings. The molecule has 1 aromatic heterocycles. The second-order valence-corrected chi connectivity index (χ2v) is 8.70. The zero-order chi connectivity index (χ0) is 26.3. The van der Waals surface area contributed by atoms with Crippen molar-refractivity contribution in [1.29, 1.82) is 0 Å². The van der Waals surface area contributed by atoms with Crippen molar-refractivity contribution in [3.05, 3.63) is 36.0 Å². The molecule has 0 aliphatic rings. The van der Waals surface area contributed by atoms with Crippen LogP contribution in [0.2, 0.25) is 0 Å². The van der Waals surface area contributed by atoms with Crippen LogP contribution in [0.25, 0.3) is 10.9 Å². The molecule has 4 atom stereocenters. The van der Waals surface area contributed by atoms with Gasteiger partial charge < -0.3 is 37.5 Å². The third-order valence-corrected chi connectivity index (χ3v) is 5.47. The Kier molecular flexibility index (Phi) is 9.34. The van der Waals surface area contributed by atoms with E-state index in [9.17, 15) is 24.0 Å². The van der Waals surface area contributed by atoms with Crippen molar-refractivity contribution in [2.75, 3.05) is 0 Å². The molecule has 1 heterocycles. The zero-order valence-corrected chi connectivity index (χ0v) is 19.8. The van der Waals surface area contributed by atoms with Crippen LogP contribution in [-0.2, 0) is 30.4 Å². The summed E-state index contributed by atoms with van der Waals surface area (Å²) in [5, 5.41) is 17.4. The average Bonchev–Trinajstić information content (AvgIpc) is 3.18. The van der Waals surface area contributed by atoms with Crippen LogP contribution in [0.5, 0.6) is 0 Å². The van der Waals surface area contributed by atoms with Gasteiger partial charge in [0.15, 0.2) is 0 Å². The zero-order valence-electron chi connectivity index (χ0n) is 19.8. The highest BCUT2D eigenvalue weighted by molar-refractivity contribution is 5.95. The van der Waals surface area contributed by atoms with Crippen molar-refractivity contribution in [2.24, 2.45) is 17.4 Å². The lowest BCUT2D eigenvalue weighted by molar-refractivity contribution is -0.142. The van der Waals surface area contributed by atoms with Crippen molar-refractivity contribution < 1.29 is 29.1 Å². The van der Waals surface area contributed by atoms with Gasteiger partial charge in [-0.1, -0.05) is 32.0 Å². The number of para-hydroxylation sites is 1. The SMILES string of the molecule is CC(NC(=O)C(NC(=O)C(Cc1c[nH]c2ccccc12)NC(=O)C(N)CC(N)=O)C(C)C)C(=O)O. The molecule has 12 heteroatoms. The first-order chi connectivity index (χ1) is 16.4. The predicted octanol–water partition coefficient (Wildman–Crippen LogP) is -0.872. The highest BCUT2D eigenvalue weighted by Gasteiger charge is 2.31. The minimum Gasteiger partial charge on any atom is -0.480 e. The highest BCUT2D eigenvalue weighted by Crippen LogP contribution is 2.19. The second-order valence-electron chi connectivity index (χ2n) is 8.70. The second kappa shape index (κ2) is 12.0. The molecule has 0 aliphatic carbocycles. The van der Waals surface area contributed by atoms with Gasteiger partial charge >= 0.3 is 5.97 Å². The number of benzene rings is 1. The predicted molar refractivity (Wildman–Crippen MR) is 128 cm³/mol. The molecule has 12 nitrogen and oxygen atoms in total. The summed E-state index contributed by atoms with van der Waals surface area (Å²) in [6.07, 6.45) is 1.36. The Balaban J connectivity index is 2.28. The summed E-state index contributed by atoms with van der Waals surface area (Å²) in [5.74, 6) is -4.48. The molecule has 4 amide bonds. The van der Waals surface area contributed by atoms with E-state index in [0.717, 1.165) is 16.5 Å². The van der Waals surface area contributed by atoms with Gasteiger partial charge in [0, 0.05) is 23.5 Å². The number of amides is 4.